The molecule has 1 aromatic rings. The molecule has 1 aliphatic heterocycles. The fourth-order valence-electron chi connectivity index (χ4n) is 2.96. The number of morpholine rings is 1. The van der Waals surface area contributed by atoms with E-state index in [9.17, 15) is 0 Å². The molecule has 5 nitrogen and oxygen atoms in total. The minimum Gasteiger partial charge on any atom is -0.373 e. The quantitative estimate of drug-likeness (QED) is 0.632. The first-order valence-electron chi connectivity index (χ1n) is 8.47. The minimum absolute atomic E-state index is 0.151. The van der Waals surface area contributed by atoms with Crippen molar-refractivity contribution >= 4 is 17.6 Å². The maximum atomic E-state index is 6.04. The lowest BCUT2D eigenvalue weighted by Crippen LogP contribution is -2.50. The topological polar surface area (TPSA) is 62.9 Å². The zero-order valence-corrected chi connectivity index (χ0v) is 15.8. The summed E-state index contributed by atoms with van der Waals surface area (Å²) in [6, 6.07) is 8.40. The van der Waals surface area contributed by atoms with E-state index < -0.39 is 0 Å². The monoisotopic (exact) mass is 352 g/mol. The molecule has 6 heteroatoms. The van der Waals surface area contributed by atoms with E-state index >= 15 is 0 Å². The van der Waals surface area contributed by atoms with Crippen LogP contribution in [-0.2, 0) is 4.74 Å². The van der Waals surface area contributed by atoms with Gasteiger partial charge < -0.3 is 15.8 Å². The second-order valence-electron chi connectivity index (χ2n) is 7.17. The van der Waals surface area contributed by atoms with Gasteiger partial charge >= 0.3 is 0 Å². The van der Waals surface area contributed by atoms with Gasteiger partial charge in [-0.05, 0) is 45.4 Å². The number of nitrogens with zero attached hydrogens (tertiary/aromatic N) is 2. The van der Waals surface area contributed by atoms with Crippen molar-refractivity contribution in [3.63, 3.8) is 0 Å². The smallest absolute Gasteiger partial charge is 0.188 e. The Hall–Kier alpha value is -1.30. The Kier molecular flexibility index (Phi) is 6.49. The normalized spacial score (nSPS) is 20.2. The molecule has 0 amide bonds. The number of aliphatic imine (C=N–C) groups is 1. The molecule has 2 rings (SSSR count). The van der Waals surface area contributed by atoms with Crippen LogP contribution in [0.15, 0.2) is 29.3 Å². The highest BCUT2D eigenvalue weighted by Crippen LogP contribution is 2.28. The molecular formula is C18H29ClN4O. The first-order chi connectivity index (χ1) is 11.3. The third kappa shape index (κ3) is 5.65. The number of hydrogen-bond acceptors (Lipinski definition) is 3. The van der Waals surface area contributed by atoms with Crippen LogP contribution >= 0.6 is 11.6 Å². The first-order valence-corrected chi connectivity index (χ1v) is 8.84. The summed E-state index contributed by atoms with van der Waals surface area (Å²) in [5.74, 6) is 0.483. The molecule has 0 saturated carbocycles. The van der Waals surface area contributed by atoms with Gasteiger partial charge in [-0.2, -0.15) is 0 Å². The third-order valence-electron chi connectivity index (χ3n) is 4.02. The summed E-state index contributed by atoms with van der Waals surface area (Å²) in [7, 11) is 0. The number of rotatable bonds is 5. The Morgan fingerprint density at radius 3 is 2.62 bits per heavy atom. The summed E-state index contributed by atoms with van der Waals surface area (Å²) >= 11 is 6.04. The molecule has 0 bridgehead atoms. The third-order valence-corrected chi connectivity index (χ3v) is 4.27. The molecule has 0 spiro atoms. The molecule has 1 fully saturated rings. The maximum Gasteiger partial charge on any atom is 0.188 e. The number of guanidine groups is 1. The molecule has 3 N–H and O–H groups in total. The Morgan fingerprint density at radius 2 is 2.04 bits per heavy atom. The van der Waals surface area contributed by atoms with Crippen molar-refractivity contribution in [3.05, 3.63) is 34.9 Å². The minimum atomic E-state index is -0.158. The van der Waals surface area contributed by atoms with Crippen LogP contribution in [0, 0.1) is 0 Å². The molecule has 1 aliphatic rings. The van der Waals surface area contributed by atoms with Gasteiger partial charge in [-0.25, -0.2) is 0 Å². The number of nitrogens with one attached hydrogen (secondary N) is 1. The predicted molar refractivity (Wildman–Crippen MR) is 101 cm³/mol. The fraction of sp³-hybridized carbons (Fsp3) is 0.611. The summed E-state index contributed by atoms with van der Waals surface area (Å²) < 4.78 is 5.84. The van der Waals surface area contributed by atoms with Gasteiger partial charge in [0.05, 0.1) is 24.8 Å². The van der Waals surface area contributed by atoms with E-state index in [1.807, 2.05) is 26.0 Å². The van der Waals surface area contributed by atoms with Crippen LogP contribution in [0.5, 0.6) is 0 Å². The van der Waals surface area contributed by atoms with Gasteiger partial charge in [-0.1, -0.05) is 23.7 Å². The Morgan fingerprint density at radius 1 is 1.38 bits per heavy atom. The highest BCUT2D eigenvalue weighted by molar-refractivity contribution is 6.30. The first kappa shape index (κ1) is 19.0. The molecule has 0 aromatic heterocycles. The fourth-order valence-corrected chi connectivity index (χ4v) is 3.09. The summed E-state index contributed by atoms with van der Waals surface area (Å²) in [4.78, 5) is 6.97. The van der Waals surface area contributed by atoms with Crippen molar-refractivity contribution in [1.29, 1.82) is 0 Å². The van der Waals surface area contributed by atoms with E-state index in [-0.39, 0.29) is 17.7 Å². The molecule has 1 unspecified atom stereocenters. The van der Waals surface area contributed by atoms with Crippen LogP contribution in [0.1, 0.15) is 39.3 Å². The van der Waals surface area contributed by atoms with Gasteiger partial charge in [-0.15, -0.1) is 0 Å². The van der Waals surface area contributed by atoms with Crippen molar-refractivity contribution in [2.24, 2.45) is 10.7 Å². The van der Waals surface area contributed by atoms with Crippen molar-refractivity contribution in [1.82, 2.24) is 10.2 Å². The predicted octanol–water partition coefficient (Wildman–Crippen LogP) is 2.80. The van der Waals surface area contributed by atoms with E-state index in [0.29, 0.717) is 12.5 Å². The average molecular weight is 353 g/mol. The number of halogens is 1. The van der Waals surface area contributed by atoms with Crippen LogP contribution in [-0.4, -0.2) is 48.7 Å². The lowest BCUT2D eigenvalue weighted by Gasteiger charge is -2.42. The maximum absolute atomic E-state index is 6.04. The van der Waals surface area contributed by atoms with Crippen molar-refractivity contribution < 1.29 is 4.74 Å². The Labute approximate surface area is 150 Å². The van der Waals surface area contributed by atoms with E-state index in [1.165, 1.54) is 5.56 Å². The second-order valence-corrected chi connectivity index (χ2v) is 7.61. The molecule has 1 saturated heterocycles. The van der Waals surface area contributed by atoms with Gasteiger partial charge in [0.1, 0.15) is 0 Å². The van der Waals surface area contributed by atoms with Gasteiger partial charge in [0.15, 0.2) is 5.96 Å². The van der Waals surface area contributed by atoms with Gasteiger partial charge in [0, 0.05) is 24.2 Å². The van der Waals surface area contributed by atoms with Crippen molar-refractivity contribution in [3.8, 4) is 0 Å². The Balaban J connectivity index is 2.19. The highest BCUT2D eigenvalue weighted by atomic mass is 35.5. The SMILES string of the molecule is CC(C)NC(N)=NCC(c1ccc(Cl)cc1)N1CCOC(C)(C)C1. The van der Waals surface area contributed by atoms with Gasteiger partial charge in [0.25, 0.3) is 0 Å². The van der Waals surface area contributed by atoms with Crippen molar-refractivity contribution in [2.75, 3.05) is 26.2 Å². The summed E-state index contributed by atoms with van der Waals surface area (Å²) in [6.45, 7) is 11.4. The molecule has 24 heavy (non-hydrogen) atoms. The average Bonchev–Trinajstić information content (AvgIpc) is 2.47. The summed E-state index contributed by atoms with van der Waals surface area (Å²) in [5, 5.41) is 3.88. The molecule has 1 heterocycles. The number of benzene rings is 1. The van der Waals surface area contributed by atoms with E-state index in [1.54, 1.807) is 0 Å². The van der Waals surface area contributed by atoms with Gasteiger partial charge in [0.2, 0.25) is 0 Å². The molecule has 1 atom stereocenters. The lowest BCUT2D eigenvalue weighted by molar-refractivity contribution is -0.0967. The van der Waals surface area contributed by atoms with Crippen LogP contribution < -0.4 is 11.1 Å². The zero-order chi connectivity index (χ0) is 17.7. The highest BCUT2D eigenvalue weighted by Gasteiger charge is 2.32. The van der Waals surface area contributed by atoms with Crippen LogP contribution in [0.2, 0.25) is 5.02 Å². The number of hydrogen-bond donors (Lipinski definition) is 2. The molecular weight excluding hydrogens is 324 g/mol. The zero-order valence-electron chi connectivity index (χ0n) is 15.1. The number of nitrogens with two attached hydrogens (primary N) is 1. The van der Waals surface area contributed by atoms with Crippen molar-refractivity contribution in [2.45, 2.75) is 45.4 Å². The summed E-state index contributed by atoms with van der Waals surface area (Å²) in [5.41, 5.74) is 7.02. The largest absolute Gasteiger partial charge is 0.373 e. The van der Waals surface area contributed by atoms with Gasteiger partial charge in [-0.3, -0.25) is 9.89 Å². The number of ether oxygens (including phenoxy) is 1. The molecule has 0 aliphatic carbocycles. The van der Waals surface area contributed by atoms with E-state index in [0.717, 1.165) is 24.7 Å². The van der Waals surface area contributed by atoms with Crippen LogP contribution in [0.4, 0.5) is 0 Å². The molecule has 1 aromatic carbocycles. The standard InChI is InChI=1S/C18H29ClN4O/c1-13(2)22-17(20)21-11-16(14-5-7-15(19)8-6-14)23-9-10-24-18(3,4)12-23/h5-8,13,16H,9-12H2,1-4H3,(H3,20,21,22). The molecule has 134 valence electrons. The molecule has 0 radical (unpaired) electrons. The summed E-state index contributed by atoms with van der Waals surface area (Å²) in [6.07, 6.45) is 0. The second kappa shape index (κ2) is 8.19. The van der Waals surface area contributed by atoms with E-state index in [2.05, 4.69) is 41.2 Å². The van der Waals surface area contributed by atoms with E-state index in [4.69, 9.17) is 22.1 Å². The lowest BCUT2D eigenvalue weighted by atomic mass is 10.0. The van der Waals surface area contributed by atoms with Crippen LogP contribution in [0.25, 0.3) is 0 Å². The van der Waals surface area contributed by atoms with Crippen LogP contribution in [0.3, 0.4) is 0 Å². The Bertz CT molecular complexity index is 557.